The number of alkyl halides is 3. The van der Waals surface area contributed by atoms with E-state index >= 15 is 0 Å². The summed E-state index contributed by atoms with van der Waals surface area (Å²) in [5.74, 6) is 1.12. The lowest BCUT2D eigenvalue weighted by atomic mass is 10.1. The predicted molar refractivity (Wildman–Crippen MR) is 117 cm³/mol. The molecule has 0 aliphatic carbocycles. The number of anilines is 3. The zero-order chi connectivity index (χ0) is 23.0. The molecule has 0 radical (unpaired) electrons. The lowest BCUT2D eigenvalue weighted by molar-refractivity contribution is -0.137. The van der Waals surface area contributed by atoms with E-state index in [0.29, 0.717) is 16.9 Å². The first-order valence-corrected chi connectivity index (χ1v) is 9.70. The molecule has 4 aromatic heterocycles. The Hall–Kier alpha value is -3.89. The van der Waals surface area contributed by atoms with Gasteiger partial charge in [-0.15, -0.1) is 0 Å². The van der Waals surface area contributed by atoms with Crippen LogP contribution < -0.4 is 16.0 Å². The molecule has 0 spiro atoms. The molecular formula is C21H21F3N8. The van der Waals surface area contributed by atoms with Crippen LogP contribution in [0.15, 0.2) is 43.0 Å². The molecule has 1 unspecified atom stereocenters. The monoisotopic (exact) mass is 442 g/mol. The van der Waals surface area contributed by atoms with E-state index in [1.807, 2.05) is 38.1 Å². The zero-order valence-corrected chi connectivity index (χ0v) is 17.6. The van der Waals surface area contributed by atoms with Crippen LogP contribution in [0.25, 0.3) is 22.3 Å². The van der Waals surface area contributed by atoms with E-state index < -0.39 is 11.7 Å². The smallest absolute Gasteiger partial charge is 0.396 e. The van der Waals surface area contributed by atoms with Gasteiger partial charge in [-0.3, -0.25) is 0 Å². The van der Waals surface area contributed by atoms with Crippen molar-refractivity contribution < 1.29 is 13.2 Å². The van der Waals surface area contributed by atoms with E-state index in [2.05, 4.69) is 30.2 Å². The van der Waals surface area contributed by atoms with Crippen molar-refractivity contribution in [3.05, 3.63) is 54.1 Å². The maximum atomic E-state index is 13.2. The average Bonchev–Trinajstić information content (AvgIpc) is 3.17. The second-order valence-electron chi connectivity index (χ2n) is 7.53. The number of fused-ring (bicyclic) bond motifs is 1. The summed E-state index contributed by atoms with van der Waals surface area (Å²) in [5, 5.41) is 3.45. The standard InChI is InChI=1S/C21H21F3N8/c1-11(12-4-5-17(26-7-12)32(2)3)30-20-29-10-16(25)18(31-20)15-9-28-19-14(15)6-13(8-27-19)21(22,23)24/h4-11H,25H2,1-3H3,(H,27,28)(H,29,30,31). The Morgan fingerprint density at radius 2 is 1.88 bits per heavy atom. The highest BCUT2D eigenvalue weighted by Gasteiger charge is 2.31. The van der Waals surface area contributed by atoms with Gasteiger partial charge in [-0.25, -0.2) is 19.9 Å². The maximum Gasteiger partial charge on any atom is 0.417 e. The average molecular weight is 442 g/mol. The van der Waals surface area contributed by atoms with Crippen LogP contribution in [0.5, 0.6) is 0 Å². The number of rotatable bonds is 5. The number of aromatic amines is 1. The van der Waals surface area contributed by atoms with E-state index in [4.69, 9.17) is 5.73 Å². The molecule has 166 valence electrons. The summed E-state index contributed by atoms with van der Waals surface area (Å²) in [4.78, 5) is 21.7. The first-order valence-electron chi connectivity index (χ1n) is 9.70. The molecular weight excluding hydrogens is 421 g/mol. The number of H-pyrrole nitrogens is 1. The molecule has 8 nitrogen and oxygen atoms in total. The topological polar surface area (TPSA) is 109 Å². The summed E-state index contributed by atoms with van der Waals surface area (Å²) >= 11 is 0. The molecule has 0 aliphatic rings. The van der Waals surface area contributed by atoms with E-state index in [1.54, 1.807) is 6.20 Å². The lowest BCUT2D eigenvalue weighted by Crippen LogP contribution is -2.13. The maximum absolute atomic E-state index is 13.2. The fourth-order valence-corrected chi connectivity index (χ4v) is 3.23. The van der Waals surface area contributed by atoms with Gasteiger partial charge in [0.25, 0.3) is 0 Å². The van der Waals surface area contributed by atoms with Gasteiger partial charge in [0, 0.05) is 43.6 Å². The van der Waals surface area contributed by atoms with Crippen molar-refractivity contribution in [3.63, 3.8) is 0 Å². The van der Waals surface area contributed by atoms with Gasteiger partial charge in [-0.2, -0.15) is 13.2 Å². The summed E-state index contributed by atoms with van der Waals surface area (Å²) in [7, 11) is 3.82. The van der Waals surface area contributed by atoms with Crippen LogP contribution in [0.2, 0.25) is 0 Å². The summed E-state index contributed by atoms with van der Waals surface area (Å²) < 4.78 is 39.5. The number of halogens is 3. The van der Waals surface area contributed by atoms with E-state index in [0.717, 1.165) is 23.6 Å². The van der Waals surface area contributed by atoms with Gasteiger partial charge in [-0.1, -0.05) is 6.07 Å². The molecule has 0 saturated heterocycles. The van der Waals surface area contributed by atoms with Gasteiger partial charge in [0.05, 0.1) is 23.5 Å². The zero-order valence-electron chi connectivity index (χ0n) is 17.6. The fraction of sp³-hybridized carbons (Fsp3) is 0.238. The highest BCUT2D eigenvalue weighted by atomic mass is 19.4. The van der Waals surface area contributed by atoms with Crippen LogP contribution in [-0.4, -0.2) is 39.0 Å². The van der Waals surface area contributed by atoms with Crippen LogP contribution in [0.3, 0.4) is 0 Å². The number of hydrogen-bond donors (Lipinski definition) is 3. The highest BCUT2D eigenvalue weighted by molar-refractivity contribution is 5.95. The Labute approximate surface area is 181 Å². The van der Waals surface area contributed by atoms with E-state index in [-0.39, 0.29) is 23.1 Å². The summed E-state index contributed by atoms with van der Waals surface area (Å²) in [6.45, 7) is 1.93. The van der Waals surface area contributed by atoms with Crippen molar-refractivity contribution in [1.82, 2.24) is 24.9 Å². The molecule has 1 atom stereocenters. The minimum atomic E-state index is -4.51. The minimum absolute atomic E-state index is 0.170. The largest absolute Gasteiger partial charge is 0.417 e. The van der Waals surface area contributed by atoms with E-state index in [9.17, 15) is 13.2 Å². The summed E-state index contributed by atoms with van der Waals surface area (Å²) in [6, 6.07) is 4.71. The first kappa shape index (κ1) is 21.3. The van der Waals surface area contributed by atoms with Gasteiger partial charge >= 0.3 is 6.18 Å². The van der Waals surface area contributed by atoms with Crippen LogP contribution in [0.4, 0.5) is 30.6 Å². The molecule has 0 aliphatic heterocycles. The minimum Gasteiger partial charge on any atom is -0.396 e. The molecule has 4 aromatic rings. The van der Waals surface area contributed by atoms with E-state index in [1.165, 1.54) is 12.4 Å². The van der Waals surface area contributed by atoms with Crippen LogP contribution in [-0.2, 0) is 6.18 Å². The first-order chi connectivity index (χ1) is 15.1. The number of nitrogens with two attached hydrogens (primary N) is 1. The summed E-state index contributed by atoms with van der Waals surface area (Å²) in [6.07, 6.45) is 0.995. The Bertz CT molecular complexity index is 1250. The van der Waals surface area contributed by atoms with Crippen molar-refractivity contribution in [2.24, 2.45) is 0 Å². The number of aromatic nitrogens is 5. The molecule has 0 fully saturated rings. The SMILES string of the molecule is CC(Nc1ncc(N)c(-c2c[nH]c3ncc(C(F)(F)F)cc23)n1)c1ccc(N(C)C)nc1. The fourth-order valence-electron chi connectivity index (χ4n) is 3.23. The van der Waals surface area contributed by atoms with Gasteiger partial charge in [-0.05, 0) is 24.6 Å². The molecule has 4 rings (SSSR count). The second kappa shape index (κ2) is 7.98. The number of hydrogen-bond acceptors (Lipinski definition) is 7. The van der Waals surface area contributed by atoms with Crippen molar-refractivity contribution in [2.75, 3.05) is 30.0 Å². The third kappa shape index (κ3) is 4.13. The van der Waals surface area contributed by atoms with Gasteiger partial charge in [0.1, 0.15) is 17.2 Å². The number of pyridine rings is 2. The quantitative estimate of drug-likeness (QED) is 0.424. The molecule has 4 N–H and O–H groups in total. The van der Waals surface area contributed by atoms with Gasteiger partial charge < -0.3 is 20.9 Å². The van der Waals surface area contributed by atoms with Crippen LogP contribution >= 0.6 is 0 Å². The Balaban J connectivity index is 1.66. The third-order valence-corrected chi connectivity index (χ3v) is 5.01. The van der Waals surface area contributed by atoms with Crippen molar-refractivity contribution >= 4 is 28.5 Å². The van der Waals surface area contributed by atoms with Crippen LogP contribution in [0.1, 0.15) is 24.1 Å². The molecule has 4 heterocycles. The molecule has 11 heteroatoms. The lowest BCUT2D eigenvalue weighted by Gasteiger charge is -2.17. The van der Waals surface area contributed by atoms with Crippen molar-refractivity contribution in [3.8, 4) is 11.3 Å². The Kier molecular flexibility index (Phi) is 5.33. The predicted octanol–water partition coefficient (Wildman–Crippen LogP) is 4.26. The second-order valence-corrected chi connectivity index (χ2v) is 7.53. The summed E-state index contributed by atoms with van der Waals surface area (Å²) in [5.41, 5.74) is 7.39. The number of nitrogens with zero attached hydrogens (tertiary/aromatic N) is 5. The third-order valence-electron chi connectivity index (χ3n) is 5.01. The van der Waals surface area contributed by atoms with Gasteiger partial charge in [0.2, 0.25) is 5.95 Å². The normalized spacial score (nSPS) is 12.7. The molecule has 0 saturated carbocycles. The number of nitrogens with one attached hydrogen (secondary N) is 2. The molecule has 32 heavy (non-hydrogen) atoms. The Morgan fingerprint density at radius 3 is 2.53 bits per heavy atom. The Morgan fingerprint density at radius 1 is 1.09 bits per heavy atom. The highest BCUT2D eigenvalue weighted by Crippen LogP contribution is 2.35. The number of nitrogen functional groups attached to an aromatic ring is 1. The molecule has 0 aromatic carbocycles. The van der Waals surface area contributed by atoms with Gasteiger partial charge in [0.15, 0.2) is 0 Å². The molecule has 0 amide bonds. The molecule has 0 bridgehead atoms. The van der Waals surface area contributed by atoms with Crippen molar-refractivity contribution in [1.29, 1.82) is 0 Å². The van der Waals surface area contributed by atoms with Crippen molar-refractivity contribution in [2.45, 2.75) is 19.1 Å². The van der Waals surface area contributed by atoms with Crippen LogP contribution in [0, 0.1) is 0 Å².